The fourth-order valence-electron chi connectivity index (χ4n) is 6.16. The van der Waals surface area contributed by atoms with Gasteiger partial charge in [0.2, 0.25) is 0 Å². The van der Waals surface area contributed by atoms with Crippen molar-refractivity contribution < 1.29 is 4.74 Å². The van der Waals surface area contributed by atoms with Crippen LogP contribution in [0.1, 0.15) is 22.7 Å². The van der Waals surface area contributed by atoms with Crippen molar-refractivity contribution in [3.8, 4) is 33.7 Å². The van der Waals surface area contributed by atoms with E-state index < -0.39 is 0 Å². The molecule has 1 atom stereocenters. The summed E-state index contributed by atoms with van der Waals surface area (Å²) in [7, 11) is 0. The highest BCUT2D eigenvalue weighted by molar-refractivity contribution is 5.94. The molecule has 1 aromatic heterocycles. The first kappa shape index (κ1) is 21.3. The molecule has 2 aliphatic rings. The summed E-state index contributed by atoms with van der Waals surface area (Å²) in [5.74, 6) is 2.30. The van der Waals surface area contributed by atoms with Crippen molar-refractivity contribution in [3.63, 3.8) is 0 Å². The number of para-hydroxylation sites is 1. The lowest BCUT2D eigenvalue weighted by Gasteiger charge is -2.19. The summed E-state index contributed by atoms with van der Waals surface area (Å²) in [6, 6.07) is 45.5. The Balaban J connectivity index is 1.32. The van der Waals surface area contributed by atoms with Crippen LogP contribution in [0.4, 0.5) is 0 Å². The Morgan fingerprint density at radius 1 is 0.605 bits per heavy atom. The molecule has 8 rings (SSSR count). The quantitative estimate of drug-likeness (QED) is 0.243. The second kappa shape index (κ2) is 8.36. The van der Waals surface area contributed by atoms with Gasteiger partial charge in [-0.3, -0.25) is 0 Å². The largest absolute Gasteiger partial charge is 0.461 e. The second-order valence-corrected chi connectivity index (χ2v) is 10.2. The number of hydrogen-bond donors (Lipinski definition) is 0. The van der Waals surface area contributed by atoms with Gasteiger partial charge in [0.25, 0.3) is 0 Å². The molecule has 0 saturated heterocycles. The van der Waals surface area contributed by atoms with E-state index >= 15 is 0 Å². The van der Waals surface area contributed by atoms with Gasteiger partial charge in [-0.25, -0.2) is 0 Å². The zero-order valence-corrected chi connectivity index (χ0v) is 20.8. The molecule has 0 bridgehead atoms. The summed E-state index contributed by atoms with van der Waals surface area (Å²) >= 11 is 0. The summed E-state index contributed by atoms with van der Waals surface area (Å²) < 4.78 is 8.78. The second-order valence-electron chi connectivity index (χ2n) is 10.2. The van der Waals surface area contributed by atoms with E-state index in [2.05, 4.69) is 138 Å². The van der Waals surface area contributed by atoms with Crippen molar-refractivity contribution in [1.82, 2.24) is 4.57 Å². The van der Waals surface area contributed by atoms with E-state index in [0.29, 0.717) is 0 Å². The van der Waals surface area contributed by atoms with Gasteiger partial charge >= 0.3 is 0 Å². The maximum Gasteiger partial charge on any atom is 0.130 e. The number of aromatic nitrogens is 1. The first-order valence-electron chi connectivity index (χ1n) is 13.2. The molecule has 0 spiro atoms. The molecule has 6 aromatic rings. The first-order valence-corrected chi connectivity index (χ1v) is 13.2. The minimum Gasteiger partial charge on any atom is -0.461 e. The molecule has 2 heterocycles. The molecule has 2 heteroatoms. The average Bonchev–Trinajstić information content (AvgIpc) is 3.51. The minimum absolute atomic E-state index is 0.263. The summed E-state index contributed by atoms with van der Waals surface area (Å²) in [6.07, 6.45) is 3.21. The zero-order valence-electron chi connectivity index (χ0n) is 20.8. The van der Waals surface area contributed by atoms with E-state index in [1.165, 1.54) is 50.0 Å². The number of benzene rings is 5. The molecule has 1 unspecified atom stereocenters. The number of nitrogens with zero attached hydrogens (tertiary/aromatic N) is 1. The van der Waals surface area contributed by atoms with Crippen molar-refractivity contribution in [2.45, 2.75) is 12.3 Å². The lowest BCUT2D eigenvalue weighted by Crippen LogP contribution is -2.10. The van der Waals surface area contributed by atoms with Crippen LogP contribution in [0, 0.1) is 0 Å². The van der Waals surface area contributed by atoms with E-state index in [-0.39, 0.29) is 5.92 Å². The van der Waals surface area contributed by atoms with Crippen LogP contribution in [0.15, 0.2) is 133 Å². The topological polar surface area (TPSA) is 14.2 Å². The highest BCUT2D eigenvalue weighted by Crippen LogP contribution is 2.48. The monoisotopic (exact) mass is 487 g/mol. The molecule has 180 valence electrons. The molecule has 0 saturated carbocycles. The van der Waals surface area contributed by atoms with Crippen molar-refractivity contribution >= 4 is 17.0 Å². The molecule has 38 heavy (non-hydrogen) atoms. The van der Waals surface area contributed by atoms with Crippen LogP contribution in [-0.2, 0) is 6.42 Å². The van der Waals surface area contributed by atoms with Crippen LogP contribution in [0.25, 0.3) is 44.9 Å². The third-order valence-electron chi connectivity index (χ3n) is 8.01. The molecule has 0 radical (unpaired) electrons. The lowest BCUT2D eigenvalue weighted by atomic mass is 9.86. The van der Waals surface area contributed by atoms with Gasteiger partial charge in [0, 0.05) is 22.7 Å². The molecule has 1 aliphatic carbocycles. The predicted molar refractivity (Wildman–Crippen MR) is 156 cm³/mol. The zero-order chi connectivity index (χ0) is 25.1. The van der Waals surface area contributed by atoms with E-state index in [1.807, 2.05) is 0 Å². The minimum atomic E-state index is 0.263. The standard InChI is InChI=1S/C36H25NO/c1-3-9-24(10-4-1)26-15-18-28(19-16-26)37-33-20-17-27(25-11-5-2-6-12-25)21-30(33)31-22-32-29-13-7-8-14-35(29)38-36(32)23-34(31)37/h1-21,23,32H,22H2. The fourth-order valence-corrected chi connectivity index (χ4v) is 6.16. The summed E-state index contributed by atoms with van der Waals surface area (Å²) in [5.41, 5.74) is 11.2. The molecular formula is C36H25NO. The van der Waals surface area contributed by atoms with Crippen LogP contribution in [-0.4, -0.2) is 4.57 Å². The lowest BCUT2D eigenvalue weighted by molar-refractivity contribution is 0.429. The van der Waals surface area contributed by atoms with Gasteiger partial charge in [-0.05, 0) is 64.6 Å². The maximum atomic E-state index is 6.37. The average molecular weight is 488 g/mol. The third-order valence-corrected chi connectivity index (χ3v) is 8.01. The SMILES string of the molecule is C1=C2Oc3ccccc3C2Cc2c1n(-c1ccc(-c3ccccc3)cc1)c1ccc(-c3ccccc3)cc21. The Labute approximate surface area is 222 Å². The Kier molecular flexibility index (Phi) is 4.68. The maximum absolute atomic E-state index is 6.37. The molecule has 1 aliphatic heterocycles. The van der Waals surface area contributed by atoms with E-state index in [0.717, 1.165) is 23.6 Å². The van der Waals surface area contributed by atoms with E-state index in [9.17, 15) is 0 Å². The van der Waals surface area contributed by atoms with Crippen molar-refractivity contribution in [2.75, 3.05) is 0 Å². The van der Waals surface area contributed by atoms with Crippen LogP contribution >= 0.6 is 0 Å². The van der Waals surface area contributed by atoms with Gasteiger partial charge in [-0.2, -0.15) is 0 Å². The number of ether oxygens (including phenoxy) is 1. The fraction of sp³-hybridized carbons (Fsp3) is 0.0556. The smallest absolute Gasteiger partial charge is 0.130 e. The van der Waals surface area contributed by atoms with Gasteiger partial charge in [0.05, 0.1) is 17.1 Å². The van der Waals surface area contributed by atoms with Gasteiger partial charge in [-0.15, -0.1) is 0 Å². The van der Waals surface area contributed by atoms with Gasteiger partial charge in [0.15, 0.2) is 0 Å². The normalized spacial score (nSPS) is 15.4. The molecule has 0 fully saturated rings. The number of hydrogen-bond acceptors (Lipinski definition) is 1. The molecular weight excluding hydrogens is 462 g/mol. The Bertz CT molecular complexity index is 1840. The van der Waals surface area contributed by atoms with Gasteiger partial charge < -0.3 is 9.30 Å². The summed E-state index contributed by atoms with van der Waals surface area (Å²) in [4.78, 5) is 0. The first-order chi connectivity index (χ1) is 18.8. The van der Waals surface area contributed by atoms with Crippen LogP contribution < -0.4 is 4.74 Å². The molecule has 0 amide bonds. The number of fused-ring (bicyclic) bond motifs is 6. The van der Waals surface area contributed by atoms with Gasteiger partial charge in [0.1, 0.15) is 11.5 Å². The molecule has 2 nitrogen and oxygen atoms in total. The molecule has 0 N–H and O–H groups in total. The van der Waals surface area contributed by atoms with E-state index in [1.54, 1.807) is 0 Å². The van der Waals surface area contributed by atoms with Crippen LogP contribution in [0.3, 0.4) is 0 Å². The highest BCUT2D eigenvalue weighted by atomic mass is 16.5. The van der Waals surface area contributed by atoms with E-state index in [4.69, 9.17) is 4.74 Å². The van der Waals surface area contributed by atoms with Crippen LogP contribution in [0.5, 0.6) is 5.75 Å². The van der Waals surface area contributed by atoms with Crippen LogP contribution in [0.2, 0.25) is 0 Å². The Hall–Kier alpha value is -4.82. The predicted octanol–water partition coefficient (Wildman–Crippen LogP) is 9.04. The number of rotatable bonds is 3. The van der Waals surface area contributed by atoms with Crippen molar-refractivity contribution in [2.24, 2.45) is 0 Å². The summed E-state index contributed by atoms with van der Waals surface area (Å²) in [5, 5.41) is 1.31. The van der Waals surface area contributed by atoms with Gasteiger partial charge in [-0.1, -0.05) is 97.1 Å². The Morgan fingerprint density at radius 3 is 2.00 bits per heavy atom. The van der Waals surface area contributed by atoms with Crippen molar-refractivity contribution in [3.05, 3.63) is 150 Å². The number of allylic oxidation sites excluding steroid dienone is 1. The highest BCUT2D eigenvalue weighted by Gasteiger charge is 2.35. The molecule has 5 aromatic carbocycles. The Morgan fingerprint density at radius 2 is 1.24 bits per heavy atom. The summed E-state index contributed by atoms with van der Waals surface area (Å²) in [6.45, 7) is 0. The van der Waals surface area contributed by atoms with Crippen molar-refractivity contribution in [1.29, 1.82) is 0 Å². The third kappa shape index (κ3) is 3.27.